The van der Waals surface area contributed by atoms with Gasteiger partial charge in [0.2, 0.25) is 0 Å². The molecule has 1 aromatic heterocycles. The van der Waals surface area contributed by atoms with E-state index in [0.29, 0.717) is 6.54 Å². The fourth-order valence-electron chi connectivity index (χ4n) is 3.17. The number of nitrogens with zero attached hydrogens (tertiary/aromatic N) is 3. The summed E-state index contributed by atoms with van der Waals surface area (Å²) in [5, 5.41) is 13.6. The van der Waals surface area contributed by atoms with Gasteiger partial charge in [-0.05, 0) is 49.3 Å². The molecule has 1 aliphatic rings. The van der Waals surface area contributed by atoms with Gasteiger partial charge in [0, 0.05) is 32.0 Å². The maximum absolute atomic E-state index is 10.3. The molecule has 0 aliphatic carbocycles. The Bertz CT molecular complexity index is 495. The van der Waals surface area contributed by atoms with Crippen LogP contribution in [0.15, 0.2) is 29.5 Å². The molecule has 0 aromatic carbocycles. The Kier molecular flexibility index (Phi) is 9.58. The molecule has 0 bridgehead atoms. The zero-order valence-corrected chi connectivity index (χ0v) is 17.3. The summed E-state index contributed by atoms with van der Waals surface area (Å²) in [5.41, 5.74) is 0.860. The highest BCUT2D eigenvalue weighted by Gasteiger charge is 2.25. The van der Waals surface area contributed by atoms with E-state index in [-0.39, 0.29) is 24.0 Å². The quantitative estimate of drug-likeness (QED) is 0.401. The van der Waals surface area contributed by atoms with Gasteiger partial charge in [-0.25, -0.2) is 0 Å². The lowest BCUT2D eigenvalue weighted by molar-refractivity contribution is 0.186. The molecular weight excluding hydrogens is 415 g/mol. The van der Waals surface area contributed by atoms with Gasteiger partial charge >= 0.3 is 0 Å². The predicted molar refractivity (Wildman–Crippen MR) is 110 cm³/mol. The van der Waals surface area contributed by atoms with Crippen molar-refractivity contribution in [2.45, 2.75) is 39.7 Å². The van der Waals surface area contributed by atoms with Crippen LogP contribution in [0.3, 0.4) is 0 Å². The highest BCUT2D eigenvalue weighted by molar-refractivity contribution is 14.0. The molecule has 1 aromatic rings. The minimum absolute atomic E-state index is 0. The molecule has 1 fully saturated rings. The van der Waals surface area contributed by atoms with Crippen molar-refractivity contribution in [3.8, 4) is 0 Å². The lowest BCUT2D eigenvalue weighted by atomic mass is 9.97. The number of hydrogen-bond donors (Lipinski definition) is 2. The van der Waals surface area contributed by atoms with Crippen molar-refractivity contribution in [1.82, 2.24) is 15.2 Å². The Hall–Kier alpha value is -0.890. The summed E-state index contributed by atoms with van der Waals surface area (Å²) >= 11 is 0. The number of aromatic nitrogens is 1. The van der Waals surface area contributed by atoms with Crippen LogP contribution in [0.2, 0.25) is 0 Å². The first kappa shape index (κ1) is 21.2. The molecule has 0 spiro atoms. The van der Waals surface area contributed by atoms with E-state index in [9.17, 15) is 5.11 Å². The molecule has 2 N–H and O–H groups in total. The van der Waals surface area contributed by atoms with E-state index >= 15 is 0 Å². The van der Waals surface area contributed by atoms with Crippen LogP contribution >= 0.6 is 24.0 Å². The second kappa shape index (κ2) is 10.9. The number of pyridine rings is 1. The smallest absolute Gasteiger partial charge is 0.194 e. The molecule has 24 heavy (non-hydrogen) atoms. The highest BCUT2D eigenvalue weighted by Crippen LogP contribution is 2.23. The largest absolute Gasteiger partial charge is 0.386 e. The summed E-state index contributed by atoms with van der Waals surface area (Å²) in [6.45, 7) is 9.98. The lowest BCUT2D eigenvalue weighted by Crippen LogP contribution is -2.40. The number of aliphatic imine (C=N–C) groups is 1. The lowest BCUT2D eigenvalue weighted by Gasteiger charge is -2.22. The molecule has 1 saturated heterocycles. The number of guanidine groups is 1. The Labute approximate surface area is 163 Å². The maximum atomic E-state index is 10.3. The Morgan fingerprint density at radius 3 is 2.75 bits per heavy atom. The normalized spacial score (nSPS) is 19.3. The Morgan fingerprint density at radius 2 is 2.12 bits per heavy atom. The number of aliphatic hydroxyl groups is 1. The molecule has 0 saturated carbocycles. The topological polar surface area (TPSA) is 60.8 Å². The molecule has 0 amide bonds. The number of likely N-dealkylation sites (tertiary alicyclic amines) is 1. The zero-order chi connectivity index (χ0) is 16.7. The molecule has 2 heterocycles. The molecule has 136 valence electrons. The van der Waals surface area contributed by atoms with Gasteiger partial charge in [0.05, 0.1) is 12.6 Å². The van der Waals surface area contributed by atoms with Gasteiger partial charge in [0.25, 0.3) is 0 Å². The molecule has 6 heteroatoms. The summed E-state index contributed by atoms with van der Waals surface area (Å²) in [7, 11) is 0. The fraction of sp³-hybridized carbons (Fsp3) is 0.667. The van der Waals surface area contributed by atoms with Crippen molar-refractivity contribution < 1.29 is 5.11 Å². The van der Waals surface area contributed by atoms with Crippen molar-refractivity contribution in [3.63, 3.8) is 0 Å². The summed E-state index contributed by atoms with van der Waals surface area (Å²) in [6, 6.07) is 3.67. The average Bonchev–Trinajstić information content (AvgIpc) is 2.99. The second-order valence-electron chi connectivity index (χ2n) is 6.72. The van der Waals surface area contributed by atoms with Gasteiger partial charge < -0.3 is 15.3 Å². The minimum atomic E-state index is -0.583. The second-order valence-corrected chi connectivity index (χ2v) is 6.72. The van der Waals surface area contributed by atoms with E-state index < -0.39 is 6.10 Å². The van der Waals surface area contributed by atoms with Gasteiger partial charge in [-0.2, -0.15) is 0 Å². The van der Waals surface area contributed by atoms with Gasteiger partial charge in [-0.15, -0.1) is 24.0 Å². The SMILES string of the molecule is CCNC(=NCC(O)c1ccncc1)N1CCC(CC(C)C)C1.I. The average molecular weight is 446 g/mol. The van der Waals surface area contributed by atoms with Crippen LogP contribution in [-0.4, -0.2) is 47.1 Å². The molecular formula is C18H31IN4O. The van der Waals surface area contributed by atoms with E-state index in [1.807, 2.05) is 12.1 Å². The summed E-state index contributed by atoms with van der Waals surface area (Å²) in [6.07, 6.45) is 5.32. The number of nitrogens with one attached hydrogen (secondary N) is 1. The molecule has 5 nitrogen and oxygen atoms in total. The maximum Gasteiger partial charge on any atom is 0.194 e. The third kappa shape index (κ3) is 6.55. The fourth-order valence-corrected chi connectivity index (χ4v) is 3.17. The van der Waals surface area contributed by atoms with Gasteiger partial charge in [0.15, 0.2) is 5.96 Å². The van der Waals surface area contributed by atoms with Gasteiger partial charge in [-0.1, -0.05) is 13.8 Å². The Balaban J connectivity index is 0.00000288. The van der Waals surface area contributed by atoms with Gasteiger partial charge in [0.1, 0.15) is 0 Å². The van der Waals surface area contributed by atoms with Crippen molar-refractivity contribution in [1.29, 1.82) is 0 Å². The van der Waals surface area contributed by atoms with Crippen LogP contribution in [-0.2, 0) is 0 Å². The number of halogens is 1. The molecule has 0 radical (unpaired) electrons. The molecule has 1 aliphatic heterocycles. The molecule has 2 atom stereocenters. The van der Waals surface area contributed by atoms with E-state index in [0.717, 1.165) is 43.0 Å². The standard InChI is InChI=1S/C18H30N4O.HI/c1-4-20-18(22-10-7-15(13-22)11-14(2)3)21-12-17(23)16-5-8-19-9-6-16;/h5-6,8-9,14-15,17,23H,4,7,10-13H2,1-3H3,(H,20,21);1H. The van der Waals surface area contributed by atoms with E-state index in [4.69, 9.17) is 0 Å². The van der Waals surface area contributed by atoms with Crippen LogP contribution in [0.4, 0.5) is 0 Å². The third-order valence-corrected chi connectivity index (χ3v) is 4.23. The van der Waals surface area contributed by atoms with Crippen molar-refractivity contribution in [3.05, 3.63) is 30.1 Å². The summed E-state index contributed by atoms with van der Waals surface area (Å²) < 4.78 is 0. The summed E-state index contributed by atoms with van der Waals surface area (Å²) in [5.74, 6) is 2.42. The van der Waals surface area contributed by atoms with Crippen molar-refractivity contribution >= 4 is 29.9 Å². The van der Waals surface area contributed by atoms with Crippen LogP contribution in [0.5, 0.6) is 0 Å². The first-order valence-electron chi connectivity index (χ1n) is 8.71. The van der Waals surface area contributed by atoms with E-state index in [1.54, 1.807) is 12.4 Å². The van der Waals surface area contributed by atoms with Crippen molar-refractivity contribution in [2.24, 2.45) is 16.8 Å². The van der Waals surface area contributed by atoms with Crippen LogP contribution < -0.4 is 5.32 Å². The van der Waals surface area contributed by atoms with E-state index in [2.05, 4.69) is 41.0 Å². The molecule has 2 rings (SSSR count). The Morgan fingerprint density at radius 1 is 1.42 bits per heavy atom. The van der Waals surface area contributed by atoms with Crippen LogP contribution in [0.1, 0.15) is 45.3 Å². The third-order valence-electron chi connectivity index (χ3n) is 4.23. The zero-order valence-electron chi connectivity index (χ0n) is 15.0. The van der Waals surface area contributed by atoms with Crippen LogP contribution in [0.25, 0.3) is 0 Å². The van der Waals surface area contributed by atoms with Gasteiger partial charge in [-0.3, -0.25) is 9.98 Å². The predicted octanol–water partition coefficient (Wildman–Crippen LogP) is 3.07. The molecule has 2 unspecified atom stereocenters. The van der Waals surface area contributed by atoms with Crippen molar-refractivity contribution in [2.75, 3.05) is 26.2 Å². The minimum Gasteiger partial charge on any atom is -0.386 e. The first-order valence-corrected chi connectivity index (χ1v) is 8.71. The first-order chi connectivity index (χ1) is 11.1. The highest BCUT2D eigenvalue weighted by atomic mass is 127. The number of hydrogen-bond acceptors (Lipinski definition) is 3. The van der Waals surface area contributed by atoms with E-state index in [1.165, 1.54) is 12.8 Å². The summed E-state index contributed by atoms with van der Waals surface area (Å²) in [4.78, 5) is 11.0. The monoisotopic (exact) mass is 446 g/mol. The number of rotatable bonds is 6. The van der Waals surface area contributed by atoms with Crippen LogP contribution in [0, 0.1) is 11.8 Å². The number of aliphatic hydroxyl groups excluding tert-OH is 1.